The minimum absolute atomic E-state index is 0.0960. The van der Waals surface area contributed by atoms with Crippen LogP contribution in [0, 0.1) is 6.92 Å². The fourth-order valence-corrected chi connectivity index (χ4v) is 3.88. The molecule has 146 valence electrons. The van der Waals surface area contributed by atoms with Crippen molar-refractivity contribution in [1.29, 1.82) is 0 Å². The van der Waals surface area contributed by atoms with Gasteiger partial charge in [-0.05, 0) is 38.1 Å². The first-order valence-corrected chi connectivity index (χ1v) is 9.50. The van der Waals surface area contributed by atoms with Crippen LogP contribution in [0.4, 0.5) is 5.69 Å². The number of nitrogens with zero attached hydrogens (tertiary/aromatic N) is 1. The SMILES string of the molecule is CCOC(=O)c1ccccc1NC(=O)Cn1c(C(=O)OC)cc2sc(C)cc21. The van der Waals surface area contributed by atoms with Gasteiger partial charge in [0.05, 0.1) is 35.2 Å². The van der Waals surface area contributed by atoms with Crippen LogP contribution in [-0.2, 0) is 20.8 Å². The molecule has 0 bridgehead atoms. The monoisotopic (exact) mass is 400 g/mol. The molecule has 8 heteroatoms. The molecule has 0 unspecified atom stereocenters. The van der Waals surface area contributed by atoms with Gasteiger partial charge in [-0.1, -0.05) is 12.1 Å². The van der Waals surface area contributed by atoms with Gasteiger partial charge in [-0.2, -0.15) is 0 Å². The van der Waals surface area contributed by atoms with E-state index in [9.17, 15) is 14.4 Å². The number of ether oxygens (including phenoxy) is 2. The predicted molar refractivity (Wildman–Crippen MR) is 107 cm³/mol. The van der Waals surface area contributed by atoms with Gasteiger partial charge in [0.1, 0.15) is 12.2 Å². The summed E-state index contributed by atoms with van der Waals surface area (Å²) in [5.41, 5.74) is 1.72. The minimum atomic E-state index is -0.513. The first-order valence-electron chi connectivity index (χ1n) is 8.68. The predicted octanol–water partition coefficient (Wildman–Crippen LogP) is 3.61. The fourth-order valence-electron chi connectivity index (χ4n) is 2.92. The second kappa shape index (κ2) is 8.26. The van der Waals surface area contributed by atoms with Gasteiger partial charge in [0.15, 0.2) is 0 Å². The van der Waals surface area contributed by atoms with Gasteiger partial charge in [0.25, 0.3) is 0 Å². The van der Waals surface area contributed by atoms with E-state index in [0.29, 0.717) is 11.4 Å². The molecule has 0 spiro atoms. The Morgan fingerprint density at radius 3 is 2.61 bits per heavy atom. The summed E-state index contributed by atoms with van der Waals surface area (Å²) in [6.45, 7) is 3.82. The van der Waals surface area contributed by atoms with E-state index in [4.69, 9.17) is 9.47 Å². The maximum absolute atomic E-state index is 12.7. The highest BCUT2D eigenvalue weighted by molar-refractivity contribution is 7.19. The Hall–Kier alpha value is -3.13. The summed E-state index contributed by atoms with van der Waals surface area (Å²) in [6, 6.07) is 10.3. The lowest BCUT2D eigenvalue weighted by Gasteiger charge is -2.12. The number of aromatic nitrogens is 1. The lowest BCUT2D eigenvalue weighted by molar-refractivity contribution is -0.116. The van der Waals surface area contributed by atoms with Crippen LogP contribution in [0.15, 0.2) is 36.4 Å². The van der Waals surface area contributed by atoms with Crippen LogP contribution in [0.5, 0.6) is 0 Å². The number of hydrogen-bond donors (Lipinski definition) is 1. The van der Waals surface area contributed by atoms with Crippen molar-refractivity contribution >= 4 is 45.1 Å². The Labute approximate surface area is 165 Å². The van der Waals surface area contributed by atoms with E-state index < -0.39 is 11.9 Å². The van der Waals surface area contributed by atoms with Gasteiger partial charge >= 0.3 is 11.9 Å². The summed E-state index contributed by atoms with van der Waals surface area (Å²) in [7, 11) is 1.30. The zero-order chi connectivity index (χ0) is 20.3. The number of nitrogens with one attached hydrogen (secondary N) is 1. The summed E-state index contributed by atoms with van der Waals surface area (Å²) in [5, 5.41) is 2.73. The van der Waals surface area contributed by atoms with Crippen LogP contribution >= 0.6 is 11.3 Å². The summed E-state index contributed by atoms with van der Waals surface area (Å²) in [5.74, 6) is -1.39. The molecule has 0 atom stereocenters. The van der Waals surface area contributed by atoms with Gasteiger partial charge in [-0.15, -0.1) is 11.3 Å². The van der Waals surface area contributed by atoms with E-state index in [1.54, 1.807) is 41.8 Å². The van der Waals surface area contributed by atoms with Crippen LogP contribution in [0.25, 0.3) is 10.2 Å². The van der Waals surface area contributed by atoms with Gasteiger partial charge in [-0.3, -0.25) is 4.79 Å². The number of para-hydroxylation sites is 1. The summed E-state index contributed by atoms with van der Waals surface area (Å²) in [4.78, 5) is 38.0. The van der Waals surface area contributed by atoms with Crippen LogP contribution in [0.2, 0.25) is 0 Å². The molecule has 2 aromatic heterocycles. The van der Waals surface area contributed by atoms with E-state index in [1.165, 1.54) is 18.4 Å². The van der Waals surface area contributed by atoms with Crippen molar-refractivity contribution in [3.8, 4) is 0 Å². The highest BCUT2D eigenvalue weighted by Crippen LogP contribution is 2.29. The maximum Gasteiger partial charge on any atom is 0.354 e. The molecule has 0 aliphatic carbocycles. The molecule has 0 aliphatic heterocycles. The topological polar surface area (TPSA) is 86.6 Å². The van der Waals surface area contributed by atoms with Gasteiger partial charge in [0.2, 0.25) is 5.91 Å². The summed E-state index contributed by atoms with van der Waals surface area (Å²) < 4.78 is 12.4. The molecule has 1 aromatic carbocycles. The number of rotatable bonds is 6. The molecule has 2 heterocycles. The number of aryl methyl sites for hydroxylation is 1. The van der Waals surface area contributed by atoms with E-state index >= 15 is 0 Å². The Morgan fingerprint density at radius 1 is 1.14 bits per heavy atom. The normalized spacial score (nSPS) is 10.7. The quantitative estimate of drug-likeness (QED) is 0.639. The highest BCUT2D eigenvalue weighted by atomic mass is 32.1. The number of methoxy groups -OCH3 is 1. The van der Waals surface area contributed by atoms with E-state index in [1.807, 2.05) is 13.0 Å². The number of fused-ring (bicyclic) bond motifs is 1. The molecule has 0 saturated heterocycles. The number of hydrogen-bond acceptors (Lipinski definition) is 6. The van der Waals surface area contributed by atoms with E-state index in [-0.39, 0.29) is 24.6 Å². The lowest BCUT2D eigenvalue weighted by atomic mass is 10.2. The summed E-state index contributed by atoms with van der Waals surface area (Å²) >= 11 is 1.54. The van der Waals surface area contributed by atoms with Gasteiger partial charge < -0.3 is 19.4 Å². The molecule has 7 nitrogen and oxygen atoms in total. The third-order valence-electron chi connectivity index (χ3n) is 4.11. The number of thiophene rings is 1. The summed E-state index contributed by atoms with van der Waals surface area (Å²) in [6.07, 6.45) is 0. The first-order chi connectivity index (χ1) is 13.4. The van der Waals surface area contributed by atoms with Gasteiger partial charge in [0, 0.05) is 4.88 Å². The van der Waals surface area contributed by atoms with Gasteiger partial charge in [-0.25, -0.2) is 9.59 Å². The van der Waals surface area contributed by atoms with Crippen molar-refractivity contribution in [2.75, 3.05) is 19.0 Å². The van der Waals surface area contributed by atoms with Crippen LogP contribution < -0.4 is 5.32 Å². The Balaban J connectivity index is 1.88. The van der Waals surface area contributed by atoms with Crippen molar-refractivity contribution in [2.45, 2.75) is 20.4 Å². The largest absolute Gasteiger partial charge is 0.464 e. The average molecular weight is 400 g/mol. The van der Waals surface area contributed by atoms with Crippen molar-refractivity contribution in [2.24, 2.45) is 0 Å². The number of carbonyl (C=O) groups is 3. The minimum Gasteiger partial charge on any atom is -0.464 e. The molecule has 0 radical (unpaired) electrons. The molecular formula is C20H20N2O5S. The molecule has 1 amide bonds. The van der Waals surface area contributed by atoms with Crippen molar-refractivity contribution in [3.05, 3.63) is 52.5 Å². The second-order valence-electron chi connectivity index (χ2n) is 6.03. The zero-order valence-electron chi connectivity index (χ0n) is 15.8. The van der Waals surface area contributed by atoms with Crippen molar-refractivity contribution in [3.63, 3.8) is 0 Å². The lowest BCUT2D eigenvalue weighted by Crippen LogP contribution is -2.23. The van der Waals surface area contributed by atoms with Crippen molar-refractivity contribution in [1.82, 2.24) is 4.57 Å². The Bertz CT molecular complexity index is 1050. The molecule has 3 aromatic rings. The third kappa shape index (κ3) is 3.91. The first kappa shape index (κ1) is 19.6. The standard InChI is InChI=1S/C20H20N2O5S/c1-4-27-19(24)13-7-5-6-8-14(13)21-18(23)11-22-15-9-12(2)28-17(15)10-16(22)20(25)26-3/h5-10H,4,11H2,1-3H3,(H,21,23). The Morgan fingerprint density at radius 2 is 1.89 bits per heavy atom. The number of esters is 2. The molecular weight excluding hydrogens is 380 g/mol. The van der Waals surface area contributed by atoms with Crippen LogP contribution in [-0.4, -0.2) is 36.1 Å². The number of carbonyl (C=O) groups excluding carboxylic acids is 3. The number of benzene rings is 1. The second-order valence-corrected chi connectivity index (χ2v) is 7.32. The van der Waals surface area contributed by atoms with Crippen molar-refractivity contribution < 1.29 is 23.9 Å². The third-order valence-corrected chi connectivity index (χ3v) is 5.09. The Kier molecular flexibility index (Phi) is 5.79. The molecule has 0 saturated carbocycles. The smallest absolute Gasteiger partial charge is 0.354 e. The van der Waals surface area contributed by atoms with E-state index in [0.717, 1.165) is 15.1 Å². The molecule has 0 fully saturated rings. The number of anilines is 1. The molecule has 28 heavy (non-hydrogen) atoms. The van der Waals surface area contributed by atoms with Crippen LogP contribution in [0.1, 0.15) is 32.6 Å². The zero-order valence-corrected chi connectivity index (χ0v) is 16.6. The van der Waals surface area contributed by atoms with E-state index in [2.05, 4.69) is 5.32 Å². The maximum atomic E-state index is 12.7. The highest BCUT2D eigenvalue weighted by Gasteiger charge is 2.20. The van der Waals surface area contributed by atoms with Crippen LogP contribution in [0.3, 0.4) is 0 Å². The molecule has 3 rings (SSSR count). The fraction of sp³-hybridized carbons (Fsp3) is 0.250. The molecule has 0 aliphatic rings. The average Bonchev–Trinajstić information content (AvgIpc) is 3.18. The number of amides is 1. The molecule has 1 N–H and O–H groups in total.